The molecule has 4 heteroatoms. The molecule has 0 spiro atoms. The predicted molar refractivity (Wildman–Crippen MR) is 55.6 cm³/mol. The number of hydrogen-bond donors (Lipinski definition) is 0. The summed E-state index contributed by atoms with van der Waals surface area (Å²) < 4.78 is 5.23. The monoisotopic (exact) mass is 211 g/mol. The molecule has 1 fully saturated rings. The van der Waals surface area contributed by atoms with Crippen molar-refractivity contribution in [2.75, 3.05) is 0 Å². The molecular formula is C10H13NO2S. The number of carbonyl (C=O) groups excluding carboxylic acids is 1. The summed E-state index contributed by atoms with van der Waals surface area (Å²) in [5, 5.41) is 8.26. The highest BCUT2D eigenvalue weighted by Gasteiger charge is 2.42. The molecule has 0 radical (unpaired) electrons. The molecule has 0 saturated carbocycles. The zero-order chi connectivity index (χ0) is 10.8. The number of thioether (sulfide) groups is 1. The van der Waals surface area contributed by atoms with Crippen molar-refractivity contribution in [1.82, 2.24) is 0 Å². The van der Waals surface area contributed by atoms with Gasteiger partial charge >= 0.3 is 5.30 Å². The second-order valence-corrected chi connectivity index (χ2v) is 4.90. The van der Waals surface area contributed by atoms with Crippen molar-refractivity contribution in [3.05, 3.63) is 11.0 Å². The number of rotatable bonds is 2. The Bertz CT molecular complexity index is 317. The van der Waals surface area contributed by atoms with Crippen LogP contribution in [0.5, 0.6) is 0 Å². The molecular weight excluding hydrogens is 198 g/mol. The first kappa shape index (κ1) is 11.1. The van der Waals surface area contributed by atoms with Crippen molar-refractivity contribution in [2.45, 2.75) is 32.8 Å². The minimum atomic E-state index is -0.592. The molecule has 1 aliphatic heterocycles. The molecule has 0 aromatic carbocycles. The highest BCUT2D eigenvalue weighted by molar-refractivity contribution is 8.17. The van der Waals surface area contributed by atoms with Crippen molar-refractivity contribution < 1.29 is 9.53 Å². The van der Waals surface area contributed by atoms with Crippen molar-refractivity contribution in [3.63, 3.8) is 0 Å². The summed E-state index contributed by atoms with van der Waals surface area (Å²) in [5.74, 6) is 0.425. The molecule has 0 aromatic heterocycles. The standard InChI is InChI=1S/C10H13NO2S/c1-7(2)6-10(3)8(4-5-11)14-9(12)13-10/h4,7H,6H2,1-3H3. The molecule has 1 heterocycles. The molecule has 0 aromatic rings. The lowest BCUT2D eigenvalue weighted by Crippen LogP contribution is -2.27. The fraction of sp³-hybridized carbons (Fsp3) is 0.600. The van der Waals surface area contributed by atoms with Gasteiger partial charge < -0.3 is 4.74 Å². The van der Waals surface area contributed by atoms with E-state index < -0.39 is 5.60 Å². The van der Waals surface area contributed by atoms with Crippen LogP contribution in [-0.2, 0) is 4.74 Å². The van der Waals surface area contributed by atoms with Crippen LogP contribution in [0.15, 0.2) is 11.0 Å². The molecule has 3 nitrogen and oxygen atoms in total. The average molecular weight is 211 g/mol. The Hall–Kier alpha value is -0.950. The van der Waals surface area contributed by atoms with Gasteiger partial charge in [0.25, 0.3) is 0 Å². The lowest BCUT2D eigenvalue weighted by molar-refractivity contribution is 0.0697. The second kappa shape index (κ2) is 4.05. The Balaban J connectivity index is 2.90. The minimum absolute atomic E-state index is 0.311. The van der Waals surface area contributed by atoms with Gasteiger partial charge in [-0.1, -0.05) is 13.8 Å². The third kappa shape index (κ3) is 2.30. The first-order valence-electron chi connectivity index (χ1n) is 4.49. The van der Waals surface area contributed by atoms with E-state index in [4.69, 9.17) is 10.00 Å². The highest BCUT2D eigenvalue weighted by Crippen LogP contribution is 2.44. The van der Waals surface area contributed by atoms with Gasteiger partial charge in [0.1, 0.15) is 5.60 Å². The minimum Gasteiger partial charge on any atom is -0.446 e. The lowest BCUT2D eigenvalue weighted by Gasteiger charge is -2.24. The van der Waals surface area contributed by atoms with Crippen molar-refractivity contribution in [3.8, 4) is 6.07 Å². The van der Waals surface area contributed by atoms with Crippen LogP contribution in [0.1, 0.15) is 27.2 Å². The summed E-state index contributed by atoms with van der Waals surface area (Å²) in [5.41, 5.74) is -0.592. The van der Waals surface area contributed by atoms with Crippen LogP contribution in [0.25, 0.3) is 0 Å². The van der Waals surface area contributed by atoms with Gasteiger partial charge in [0.05, 0.1) is 6.07 Å². The zero-order valence-electron chi connectivity index (χ0n) is 8.53. The third-order valence-electron chi connectivity index (χ3n) is 2.02. The fourth-order valence-electron chi connectivity index (χ4n) is 1.61. The number of nitriles is 1. The fourth-order valence-corrected chi connectivity index (χ4v) is 2.47. The Morgan fingerprint density at radius 1 is 1.71 bits per heavy atom. The van der Waals surface area contributed by atoms with E-state index >= 15 is 0 Å². The molecule has 1 saturated heterocycles. The first-order valence-corrected chi connectivity index (χ1v) is 5.30. The summed E-state index contributed by atoms with van der Waals surface area (Å²) in [7, 11) is 0. The van der Waals surface area contributed by atoms with E-state index in [1.54, 1.807) is 0 Å². The van der Waals surface area contributed by atoms with Gasteiger partial charge in [0, 0.05) is 11.0 Å². The van der Waals surface area contributed by atoms with Gasteiger partial charge in [-0.05, 0) is 31.0 Å². The maximum Gasteiger partial charge on any atom is 0.372 e. The number of hydrogen-bond acceptors (Lipinski definition) is 4. The molecule has 1 aliphatic rings. The van der Waals surface area contributed by atoms with E-state index in [9.17, 15) is 4.79 Å². The summed E-state index contributed by atoms with van der Waals surface area (Å²) in [6, 6.07) is 1.94. The molecule has 0 amide bonds. The number of ether oxygens (including phenoxy) is 1. The van der Waals surface area contributed by atoms with Crippen LogP contribution >= 0.6 is 11.8 Å². The number of carbonyl (C=O) groups is 1. The highest BCUT2D eigenvalue weighted by atomic mass is 32.2. The number of nitrogens with zero attached hydrogens (tertiary/aromatic N) is 1. The first-order chi connectivity index (χ1) is 6.48. The summed E-state index contributed by atoms with van der Waals surface area (Å²) in [6.07, 6.45) is 2.15. The smallest absolute Gasteiger partial charge is 0.372 e. The average Bonchev–Trinajstić information content (AvgIpc) is 2.25. The predicted octanol–water partition coefficient (Wildman–Crippen LogP) is 3.08. The van der Waals surface area contributed by atoms with Crippen LogP contribution in [0, 0.1) is 17.2 Å². The Morgan fingerprint density at radius 2 is 2.36 bits per heavy atom. The second-order valence-electron chi connectivity index (χ2n) is 3.92. The summed E-state index contributed by atoms with van der Waals surface area (Å²) >= 11 is 1.02. The van der Waals surface area contributed by atoms with Crippen molar-refractivity contribution in [1.29, 1.82) is 5.26 Å². The van der Waals surface area contributed by atoms with Gasteiger partial charge in [-0.3, -0.25) is 0 Å². The van der Waals surface area contributed by atoms with E-state index in [0.29, 0.717) is 5.92 Å². The van der Waals surface area contributed by atoms with E-state index in [2.05, 4.69) is 13.8 Å². The topological polar surface area (TPSA) is 50.1 Å². The maximum absolute atomic E-state index is 11.1. The van der Waals surface area contributed by atoms with Gasteiger partial charge in [0.2, 0.25) is 0 Å². The molecule has 1 unspecified atom stereocenters. The zero-order valence-corrected chi connectivity index (χ0v) is 9.35. The van der Waals surface area contributed by atoms with Crippen molar-refractivity contribution >= 4 is 17.1 Å². The van der Waals surface area contributed by atoms with Crippen LogP contribution in [0.3, 0.4) is 0 Å². The quantitative estimate of drug-likeness (QED) is 0.520. The Labute approximate surface area is 88.1 Å². The van der Waals surface area contributed by atoms with E-state index in [-0.39, 0.29) is 5.30 Å². The SMILES string of the molecule is CC(C)CC1(C)OC(=O)SC1=CC#N. The van der Waals surface area contributed by atoms with Crippen LogP contribution < -0.4 is 0 Å². The van der Waals surface area contributed by atoms with E-state index in [1.807, 2.05) is 13.0 Å². The van der Waals surface area contributed by atoms with E-state index in [1.165, 1.54) is 6.08 Å². The van der Waals surface area contributed by atoms with Crippen molar-refractivity contribution in [2.24, 2.45) is 5.92 Å². The number of cyclic esters (lactones) is 1. The molecule has 0 aliphatic carbocycles. The molecule has 1 rings (SSSR count). The number of allylic oxidation sites excluding steroid dienone is 1. The van der Waals surface area contributed by atoms with E-state index in [0.717, 1.165) is 23.1 Å². The molecule has 14 heavy (non-hydrogen) atoms. The molecule has 0 N–H and O–H groups in total. The summed E-state index contributed by atoms with van der Waals surface area (Å²) in [6.45, 7) is 5.98. The Kier molecular flexibility index (Phi) is 3.22. The van der Waals surface area contributed by atoms with Gasteiger partial charge in [0.15, 0.2) is 0 Å². The Morgan fingerprint density at radius 3 is 2.86 bits per heavy atom. The molecule has 0 bridgehead atoms. The third-order valence-corrected chi connectivity index (χ3v) is 3.04. The molecule has 76 valence electrons. The van der Waals surface area contributed by atoms with Gasteiger partial charge in [-0.2, -0.15) is 5.26 Å². The van der Waals surface area contributed by atoms with Crippen LogP contribution in [-0.4, -0.2) is 10.9 Å². The molecule has 1 atom stereocenters. The largest absolute Gasteiger partial charge is 0.446 e. The van der Waals surface area contributed by atoms with Crippen LogP contribution in [0.4, 0.5) is 4.79 Å². The van der Waals surface area contributed by atoms with Gasteiger partial charge in [-0.15, -0.1) is 0 Å². The lowest BCUT2D eigenvalue weighted by atomic mass is 9.93. The summed E-state index contributed by atoms with van der Waals surface area (Å²) in [4.78, 5) is 11.8. The van der Waals surface area contributed by atoms with Crippen LogP contribution in [0.2, 0.25) is 0 Å². The van der Waals surface area contributed by atoms with Gasteiger partial charge in [-0.25, -0.2) is 4.79 Å². The normalized spacial score (nSPS) is 29.4. The maximum atomic E-state index is 11.1.